The Morgan fingerprint density at radius 1 is 0.875 bits per heavy atom. The van der Waals surface area contributed by atoms with Crippen LogP contribution in [0.5, 0.6) is 0 Å². The SMILES string of the molecule is O=C1C(=Cc2cc3c4c(c2)CCCN4CCC3)OC(=NC2CCCC2)N1C1CCCCC1. The molecule has 1 saturated heterocycles. The van der Waals surface area contributed by atoms with Crippen LogP contribution in [-0.2, 0) is 22.4 Å². The molecule has 5 aliphatic rings. The predicted molar refractivity (Wildman–Crippen MR) is 128 cm³/mol. The van der Waals surface area contributed by atoms with Crippen LogP contribution in [0.4, 0.5) is 5.69 Å². The molecule has 0 atom stereocenters. The molecule has 1 aromatic rings. The van der Waals surface area contributed by atoms with Gasteiger partial charge < -0.3 is 9.64 Å². The van der Waals surface area contributed by atoms with E-state index in [1.165, 1.54) is 74.8 Å². The number of amides is 1. The number of carbonyl (C=O) groups is 1. The first kappa shape index (κ1) is 20.3. The predicted octanol–water partition coefficient (Wildman–Crippen LogP) is 5.22. The maximum absolute atomic E-state index is 13.5. The Hall–Kier alpha value is -2.30. The first-order valence-electron chi connectivity index (χ1n) is 13.0. The van der Waals surface area contributed by atoms with E-state index in [0.29, 0.717) is 17.8 Å². The normalized spacial score (nSPS) is 26.8. The summed E-state index contributed by atoms with van der Waals surface area (Å²) >= 11 is 0. The number of anilines is 1. The van der Waals surface area contributed by atoms with Crippen molar-refractivity contribution in [1.82, 2.24) is 4.90 Å². The molecule has 0 spiro atoms. The van der Waals surface area contributed by atoms with Crippen molar-refractivity contribution in [2.24, 2.45) is 4.99 Å². The summed E-state index contributed by atoms with van der Waals surface area (Å²) < 4.78 is 6.24. The minimum absolute atomic E-state index is 0.0154. The number of ether oxygens (including phenoxy) is 1. The summed E-state index contributed by atoms with van der Waals surface area (Å²) in [6.07, 6.45) is 17.1. The van der Waals surface area contributed by atoms with Gasteiger partial charge in [-0.25, -0.2) is 4.99 Å². The monoisotopic (exact) mass is 433 g/mol. The van der Waals surface area contributed by atoms with Gasteiger partial charge in [-0.3, -0.25) is 9.69 Å². The summed E-state index contributed by atoms with van der Waals surface area (Å²) in [7, 11) is 0. The second-order valence-electron chi connectivity index (χ2n) is 10.3. The van der Waals surface area contributed by atoms with Gasteiger partial charge in [0.1, 0.15) is 0 Å². The molecule has 2 aliphatic carbocycles. The van der Waals surface area contributed by atoms with E-state index in [1.54, 1.807) is 0 Å². The molecular formula is C27H35N3O2. The summed E-state index contributed by atoms with van der Waals surface area (Å²) in [5, 5.41) is 0. The molecule has 2 saturated carbocycles. The molecule has 0 aromatic heterocycles. The molecule has 0 radical (unpaired) electrons. The van der Waals surface area contributed by atoms with Crippen LogP contribution in [0.2, 0.25) is 0 Å². The number of benzene rings is 1. The van der Waals surface area contributed by atoms with Crippen molar-refractivity contribution < 1.29 is 9.53 Å². The van der Waals surface area contributed by atoms with Crippen LogP contribution in [0.1, 0.15) is 87.3 Å². The van der Waals surface area contributed by atoms with Gasteiger partial charge >= 0.3 is 6.02 Å². The number of hydrogen-bond donors (Lipinski definition) is 0. The molecule has 3 aliphatic heterocycles. The topological polar surface area (TPSA) is 45.1 Å². The van der Waals surface area contributed by atoms with Crippen LogP contribution < -0.4 is 4.90 Å². The third kappa shape index (κ3) is 3.74. The molecule has 0 unspecified atom stereocenters. The van der Waals surface area contributed by atoms with Gasteiger partial charge in [-0.1, -0.05) is 32.1 Å². The van der Waals surface area contributed by atoms with E-state index in [1.807, 2.05) is 11.0 Å². The molecule has 32 heavy (non-hydrogen) atoms. The van der Waals surface area contributed by atoms with Crippen molar-refractivity contribution >= 4 is 23.7 Å². The van der Waals surface area contributed by atoms with Gasteiger partial charge in [0.2, 0.25) is 0 Å². The molecule has 1 aromatic carbocycles. The van der Waals surface area contributed by atoms with Crippen molar-refractivity contribution in [3.8, 4) is 0 Å². The number of aliphatic imine (C=N–C) groups is 1. The van der Waals surface area contributed by atoms with Crippen molar-refractivity contribution in [3.05, 3.63) is 34.6 Å². The van der Waals surface area contributed by atoms with Crippen molar-refractivity contribution in [2.45, 2.75) is 95.6 Å². The van der Waals surface area contributed by atoms with Crippen molar-refractivity contribution in [2.75, 3.05) is 18.0 Å². The second-order valence-corrected chi connectivity index (χ2v) is 10.3. The van der Waals surface area contributed by atoms with E-state index in [4.69, 9.17) is 9.73 Å². The quantitative estimate of drug-likeness (QED) is 0.614. The average molecular weight is 434 g/mol. The largest absolute Gasteiger partial charge is 0.420 e. The standard InChI is InChI=1S/C27H35N3O2/c31-26-24(18-19-16-20-8-6-14-29-15-7-9-21(17-19)25(20)29)32-27(28-22-10-4-5-11-22)30(26)23-12-2-1-3-13-23/h16-18,22-23H,1-15H2. The van der Waals surface area contributed by atoms with Gasteiger partial charge in [-0.05, 0) is 86.3 Å². The van der Waals surface area contributed by atoms with Crippen molar-refractivity contribution in [3.63, 3.8) is 0 Å². The molecule has 3 heterocycles. The molecule has 6 rings (SSSR count). The molecule has 3 fully saturated rings. The van der Waals surface area contributed by atoms with Gasteiger partial charge in [0.15, 0.2) is 5.76 Å². The molecule has 5 heteroatoms. The lowest BCUT2D eigenvalue weighted by molar-refractivity contribution is -0.124. The number of rotatable bonds is 3. The van der Waals surface area contributed by atoms with Crippen LogP contribution >= 0.6 is 0 Å². The summed E-state index contributed by atoms with van der Waals surface area (Å²) in [6, 6.07) is 5.70. The van der Waals surface area contributed by atoms with Crippen LogP contribution in [0.25, 0.3) is 6.08 Å². The van der Waals surface area contributed by atoms with Crippen LogP contribution in [0, 0.1) is 0 Å². The fourth-order valence-corrected chi connectivity index (χ4v) is 6.49. The van der Waals surface area contributed by atoms with E-state index < -0.39 is 0 Å². The zero-order valence-electron chi connectivity index (χ0n) is 19.2. The lowest BCUT2D eigenvalue weighted by Gasteiger charge is -2.37. The fraction of sp³-hybridized carbons (Fsp3) is 0.630. The van der Waals surface area contributed by atoms with Gasteiger partial charge in [0.05, 0.1) is 6.04 Å². The minimum Gasteiger partial charge on any atom is -0.420 e. The summed E-state index contributed by atoms with van der Waals surface area (Å²) in [6.45, 7) is 2.36. The summed E-state index contributed by atoms with van der Waals surface area (Å²) in [4.78, 5) is 23.0. The van der Waals surface area contributed by atoms with Gasteiger partial charge in [-0.2, -0.15) is 0 Å². The maximum Gasteiger partial charge on any atom is 0.300 e. The Balaban J connectivity index is 1.33. The maximum atomic E-state index is 13.5. The first-order chi connectivity index (χ1) is 15.8. The number of amidine groups is 1. The Kier molecular flexibility index (Phi) is 5.44. The van der Waals surface area contributed by atoms with E-state index >= 15 is 0 Å². The average Bonchev–Trinajstić information content (AvgIpc) is 3.43. The van der Waals surface area contributed by atoms with Gasteiger partial charge in [0, 0.05) is 24.8 Å². The second kappa shape index (κ2) is 8.57. The lowest BCUT2D eigenvalue weighted by atomic mass is 9.90. The highest BCUT2D eigenvalue weighted by Crippen LogP contribution is 2.37. The highest BCUT2D eigenvalue weighted by atomic mass is 16.5. The van der Waals surface area contributed by atoms with E-state index in [0.717, 1.165) is 44.1 Å². The van der Waals surface area contributed by atoms with Crippen molar-refractivity contribution in [1.29, 1.82) is 0 Å². The Morgan fingerprint density at radius 3 is 2.22 bits per heavy atom. The summed E-state index contributed by atoms with van der Waals surface area (Å²) in [5.74, 6) is 0.476. The number of nitrogens with zero attached hydrogens (tertiary/aromatic N) is 3. The molecule has 0 bridgehead atoms. The molecule has 0 N–H and O–H groups in total. The zero-order chi connectivity index (χ0) is 21.5. The smallest absolute Gasteiger partial charge is 0.300 e. The zero-order valence-corrected chi connectivity index (χ0v) is 19.2. The van der Waals surface area contributed by atoms with Crippen LogP contribution in [0.3, 0.4) is 0 Å². The summed E-state index contributed by atoms with van der Waals surface area (Å²) in [5.41, 5.74) is 5.46. The Morgan fingerprint density at radius 2 is 1.53 bits per heavy atom. The molecule has 170 valence electrons. The lowest BCUT2D eigenvalue weighted by Crippen LogP contribution is -2.41. The van der Waals surface area contributed by atoms with Gasteiger partial charge in [-0.15, -0.1) is 0 Å². The Labute approximate surface area is 191 Å². The van der Waals surface area contributed by atoms with Gasteiger partial charge in [0.25, 0.3) is 5.91 Å². The number of aryl methyl sites for hydroxylation is 2. The minimum atomic E-state index is 0.0154. The van der Waals surface area contributed by atoms with Crippen LogP contribution in [0.15, 0.2) is 22.9 Å². The molecule has 5 nitrogen and oxygen atoms in total. The Bertz CT molecular complexity index is 923. The first-order valence-corrected chi connectivity index (χ1v) is 13.0. The van der Waals surface area contributed by atoms with E-state index in [9.17, 15) is 4.79 Å². The fourth-order valence-electron chi connectivity index (χ4n) is 6.49. The number of hydrogen-bond acceptors (Lipinski definition) is 4. The van der Waals surface area contributed by atoms with E-state index in [2.05, 4.69) is 17.0 Å². The highest BCUT2D eigenvalue weighted by Gasteiger charge is 2.40. The van der Waals surface area contributed by atoms with E-state index in [-0.39, 0.29) is 11.9 Å². The molecule has 1 amide bonds. The third-order valence-corrected chi connectivity index (χ3v) is 8.05. The van der Waals surface area contributed by atoms with Crippen LogP contribution in [-0.4, -0.2) is 42.0 Å². The number of carbonyl (C=O) groups excluding carboxylic acids is 1. The highest BCUT2D eigenvalue weighted by molar-refractivity contribution is 6.11. The third-order valence-electron chi connectivity index (χ3n) is 8.05. The molecular weight excluding hydrogens is 398 g/mol.